The molecule has 7 nitrogen and oxygen atoms in total. The highest BCUT2D eigenvalue weighted by Gasteiger charge is 2.21. The number of carbonyl (C=O) groups excluding carboxylic acids is 1. The number of para-hydroxylation sites is 1. The van der Waals surface area contributed by atoms with Crippen LogP contribution in [0.5, 0.6) is 0 Å². The van der Waals surface area contributed by atoms with Gasteiger partial charge in [-0.05, 0) is 25.2 Å². The molecule has 0 saturated carbocycles. The van der Waals surface area contributed by atoms with Gasteiger partial charge >= 0.3 is 0 Å². The van der Waals surface area contributed by atoms with Crippen molar-refractivity contribution in [3.05, 3.63) is 47.8 Å². The van der Waals surface area contributed by atoms with Crippen molar-refractivity contribution in [1.82, 2.24) is 19.8 Å². The fourth-order valence-corrected chi connectivity index (χ4v) is 2.52. The number of piperazine rings is 1. The van der Waals surface area contributed by atoms with Gasteiger partial charge < -0.3 is 15.1 Å². The maximum Gasteiger partial charge on any atom is 0.272 e. The molecule has 2 aromatic rings. The molecule has 0 unspecified atom stereocenters. The van der Waals surface area contributed by atoms with Crippen LogP contribution < -0.4 is 5.32 Å². The van der Waals surface area contributed by atoms with E-state index in [1.165, 1.54) is 0 Å². The summed E-state index contributed by atoms with van der Waals surface area (Å²) >= 11 is 0. The topological polar surface area (TPSA) is 85.1 Å². The lowest BCUT2D eigenvalue weighted by molar-refractivity contribution is 0.0658. The first-order chi connectivity index (χ1) is 11.7. The molecule has 3 rings (SSSR count). The highest BCUT2D eigenvalue weighted by Crippen LogP contribution is 2.18. The molecule has 1 amide bonds. The molecule has 1 fully saturated rings. The minimum atomic E-state index is -0.0953. The SMILES string of the molecule is CN1CCN(C(=O)c2ccnc(Nc3ccccc3C#N)n2)CC1. The third kappa shape index (κ3) is 3.50. The molecule has 24 heavy (non-hydrogen) atoms. The second-order valence-electron chi connectivity index (χ2n) is 5.64. The number of carbonyl (C=O) groups is 1. The van der Waals surface area contributed by atoms with Gasteiger partial charge in [-0.3, -0.25) is 4.79 Å². The molecular weight excluding hydrogens is 304 g/mol. The van der Waals surface area contributed by atoms with E-state index < -0.39 is 0 Å². The standard InChI is InChI=1S/C17H18N6O/c1-22-8-10-23(11-9-22)16(24)15-6-7-19-17(21-15)20-14-5-3-2-4-13(14)12-18/h2-7H,8-11H2,1H3,(H,19,20,21). The van der Waals surface area contributed by atoms with Gasteiger partial charge in [0, 0.05) is 32.4 Å². The summed E-state index contributed by atoms with van der Waals surface area (Å²) in [4.78, 5) is 25.0. The Kier molecular flexibility index (Phi) is 4.68. The van der Waals surface area contributed by atoms with E-state index in [2.05, 4.69) is 26.3 Å². The number of rotatable bonds is 3. The number of amides is 1. The van der Waals surface area contributed by atoms with Crippen molar-refractivity contribution in [2.45, 2.75) is 0 Å². The zero-order valence-electron chi connectivity index (χ0n) is 13.4. The minimum Gasteiger partial charge on any atom is -0.335 e. The van der Waals surface area contributed by atoms with Crippen LogP contribution in [0.25, 0.3) is 0 Å². The molecule has 0 aliphatic carbocycles. The second kappa shape index (κ2) is 7.06. The van der Waals surface area contributed by atoms with E-state index in [0.717, 1.165) is 13.1 Å². The minimum absolute atomic E-state index is 0.0953. The van der Waals surface area contributed by atoms with E-state index in [1.54, 1.807) is 35.4 Å². The molecule has 1 aliphatic heterocycles. The largest absolute Gasteiger partial charge is 0.335 e. The van der Waals surface area contributed by atoms with Gasteiger partial charge in [-0.15, -0.1) is 0 Å². The van der Waals surface area contributed by atoms with E-state index in [4.69, 9.17) is 5.26 Å². The molecule has 1 aliphatic rings. The van der Waals surface area contributed by atoms with Crippen molar-refractivity contribution in [3.8, 4) is 6.07 Å². The van der Waals surface area contributed by atoms with Gasteiger partial charge in [0.05, 0.1) is 11.3 Å². The fraction of sp³-hybridized carbons (Fsp3) is 0.294. The second-order valence-corrected chi connectivity index (χ2v) is 5.64. The Balaban J connectivity index is 1.77. The summed E-state index contributed by atoms with van der Waals surface area (Å²) in [6.07, 6.45) is 1.55. The zero-order chi connectivity index (χ0) is 16.9. The van der Waals surface area contributed by atoms with E-state index in [0.29, 0.717) is 36.0 Å². The number of benzene rings is 1. The van der Waals surface area contributed by atoms with Crippen molar-refractivity contribution < 1.29 is 4.79 Å². The molecule has 0 radical (unpaired) electrons. The first-order valence-corrected chi connectivity index (χ1v) is 7.74. The number of aromatic nitrogens is 2. The lowest BCUT2D eigenvalue weighted by Crippen LogP contribution is -2.47. The van der Waals surface area contributed by atoms with Crippen LogP contribution in [0, 0.1) is 11.3 Å². The Morgan fingerprint density at radius 3 is 2.71 bits per heavy atom. The Labute approximate surface area is 140 Å². The normalized spacial score (nSPS) is 14.9. The summed E-state index contributed by atoms with van der Waals surface area (Å²) in [5.41, 5.74) is 1.47. The number of nitriles is 1. The predicted molar refractivity (Wildman–Crippen MR) is 89.9 cm³/mol. The molecule has 1 aromatic carbocycles. The zero-order valence-corrected chi connectivity index (χ0v) is 13.4. The highest BCUT2D eigenvalue weighted by atomic mass is 16.2. The van der Waals surface area contributed by atoms with Crippen molar-refractivity contribution in [3.63, 3.8) is 0 Å². The first kappa shape index (κ1) is 15.9. The molecule has 1 N–H and O–H groups in total. The summed E-state index contributed by atoms with van der Waals surface area (Å²) < 4.78 is 0. The van der Waals surface area contributed by atoms with Gasteiger partial charge in [-0.1, -0.05) is 12.1 Å². The van der Waals surface area contributed by atoms with E-state index >= 15 is 0 Å². The quantitative estimate of drug-likeness (QED) is 0.921. The van der Waals surface area contributed by atoms with Gasteiger partial charge in [0.15, 0.2) is 0 Å². The summed E-state index contributed by atoms with van der Waals surface area (Å²) in [7, 11) is 2.04. The van der Waals surface area contributed by atoms with Gasteiger partial charge in [-0.2, -0.15) is 5.26 Å². The van der Waals surface area contributed by atoms with Crippen LogP contribution >= 0.6 is 0 Å². The Morgan fingerprint density at radius 1 is 1.21 bits per heavy atom. The van der Waals surface area contributed by atoms with Crippen LogP contribution in [0.1, 0.15) is 16.1 Å². The van der Waals surface area contributed by atoms with Gasteiger partial charge in [0.2, 0.25) is 5.95 Å². The van der Waals surface area contributed by atoms with E-state index in [9.17, 15) is 4.79 Å². The smallest absolute Gasteiger partial charge is 0.272 e. The molecule has 1 saturated heterocycles. The Hall–Kier alpha value is -2.98. The molecule has 2 heterocycles. The number of hydrogen-bond acceptors (Lipinski definition) is 6. The number of nitrogens with one attached hydrogen (secondary N) is 1. The average Bonchev–Trinajstić information content (AvgIpc) is 2.62. The van der Waals surface area contributed by atoms with Crippen LogP contribution in [0.2, 0.25) is 0 Å². The summed E-state index contributed by atoms with van der Waals surface area (Å²) in [5, 5.41) is 12.1. The van der Waals surface area contributed by atoms with Crippen molar-refractivity contribution in [2.75, 3.05) is 38.5 Å². The van der Waals surface area contributed by atoms with Gasteiger partial charge in [-0.25, -0.2) is 9.97 Å². The third-order valence-corrected chi connectivity index (χ3v) is 3.96. The van der Waals surface area contributed by atoms with E-state index in [-0.39, 0.29) is 5.91 Å². The molecule has 0 atom stereocenters. The molecule has 0 bridgehead atoms. The molecule has 7 heteroatoms. The highest BCUT2D eigenvalue weighted by molar-refractivity contribution is 5.92. The number of nitrogens with zero attached hydrogens (tertiary/aromatic N) is 5. The lowest BCUT2D eigenvalue weighted by Gasteiger charge is -2.32. The predicted octanol–water partition coefficient (Wildman–Crippen LogP) is 1.48. The number of likely N-dealkylation sites (N-methyl/N-ethyl adjacent to an activating group) is 1. The Morgan fingerprint density at radius 2 is 1.96 bits per heavy atom. The summed E-state index contributed by atoms with van der Waals surface area (Å²) in [6, 6.07) is 10.8. The van der Waals surface area contributed by atoms with Gasteiger partial charge in [0.1, 0.15) is 11.8 Å². The third-order valence-electron chi connectivity index (χ3n) is 3.96. The molecule has 122 valence electrons. The van der Waals surface area contributed by atoms with Crippen LogP contribution in [-0.2, 0) is 0 Å². The lowest BCUT2D eigenvalue weighted by atomic mass is 10.2. The fourth-order valence-electron chi connectivity index (χ4n) is 2.52. The number of anilines is 2. The summed E-state index contributed by atoms with van der Waals surface area (Å²) in [6.45, 7) is 3.10. The Bertz CT molecular complexity index is 777. The first-order valence-electron chi connectivity index (χ1n) is 7.74. The number of hydrogen-bond donors (Lipinski definition) is 1. The van der Waals surface area contributed by atoms with Crippen molar-refractivity contribution >= 4 is 17.5 Å². The van der Waals surface area contributed by atoms with Crippen LogP contribution in [0.4, 0.5) is 11.6 Å². The van der Waals surface area contributed by atoms with E-state index in [1.807, 2.05) is 13.1 Å². The van der Waals surface area contributed by atoms with Crippen LogP contribution in [-0.4, -0.2) is 58.9 Å². The van der Waals surface area contributed by atoms with Crippen LogP contribution in [0.15, 0.2) is 36.5 Å². The van der Waals surface area contributed by atoms with Gasteiger partial charge in [0.25, 0.3) is 5.91 Å². The molecular formula is C17H18N6O. The molecule has 1 aromatic heterocycles. The van der Waals surface area contributed by atoms with Crippen LogP contribution in [0.3, 0.4) is 0 Å². The maximum atomic E-state index is 12.6. The average molecular weight is 322 g/mol. The summed E-state index contributed by atoms with van der Waals surface area (Å²) in [5.74, 6) is 0.208. The molecule has 0 spiro atoms. The monoisotopic (exact) mass is 322 g/mol. The van der Waals surface area contributed by atoms with Crippen molar-refractivity contribution in [1.29, 1.82) is 5.26 Å². The van der Waals surface area contributed by atoms with Crippen molar-refractivity contribution in [2.24, 2.45) is 0 Å². The maximum absolute atomic E-state index is 12.6.